The fourth-order valence-corrected chi connectivity index (χ4v) is 4.31. The summed E-state index contributed by atoms with van der Waals surface area (Å²) in [5, 5.41) is 1.12. The Morgan fingerprint density at radius 2 is 1.93 bits per heavy atom. The van der Waals surface area contributed by atoms with Crippen LogP contribution in [0.2, 0.25) is 0 Å². The Labute approximate surface area is 162 Å². The lowest BCUT2D eigenvalue weighted by Crippen LogP contribution is -2.31. The van der Waals surface area contributed by atoms with Gasteiger partial charge >= 0.3 is 0 Å². The van der Waals surface area contributed by atoms with Gasteiger partial charge < -0.3 is 14.3 Å². The van der Waals surface area contributed by atoms with Gasteiger partial charge in [-0.05, 0) is 49.7 Å². The Kier molecular flexibility index (Phi) is 4.86. The molecular formula is C22H22N2O2S. The number of hydrogen-bond acceptors (Lipinski definition) is 3. The summed E-state index contributed by atoms with van der Waals surface area (Å²) in [6.07, 6.45) is 2.03. The van der Waals surface area contributed by atoms with E-state index >= 15 is 0 Å². The first-order valence-corrected chi connectivity index (χ1v) is 9.83. The summed E-state index contributed by atoms with van der Waals surface area (Å²) >= 11 is 1.73. The van der Waals surface area contributed by atoms with E-state index in [0.29, 0.717) is 19.5 Å². The Morgan fingerprint density at radius 1 is 1.07 bits per heavy atom. The number of aromatic nitrogens is 1. The first-order chi connectivity index (χ1) is 13.1. The third kappa shape index (κ3) is 3.83. The van der Waals surface area contributed by atoms with Gasteiger partial charge in [-0.3, -0.25) is 4.79 Å². The molecule has 3 aromatic heterocycles. The van der Waals surface area contributed by atoms with Gasteiger partial charge in [0, 0.05) is 26.4 Å². The van der Waals surface area contributed by atoms with E-state index in [0.717, 1.165) is 27.9 Å². The molecular weight excluding hydrogens is 356 g/mol. The third-order valence-electron chi connectivity index (χ3n) is 4.78. The smallest absolute Gasteiger partial charge is 0.227 e. The number of nitrogens with one attached hydrogen (secondary N) is 1. The van der Waals surface area contributed by atoms with Crippen LogP contribution in [0.5, 0.6) is 0 Å². The highest BCUT2D eigenvalue weighted by atomic mass is 32.1. The number of benzene rings is 1. The molecule has 3 heterocycles. The molecule has 1 N–H and O–H groups in total. The fourth-order valence-electron chi connectivity index (χ4n) is 3.41. The molecule has 0 unspecified atom stereocenters. The van der Waals surface area contributed by atoms with Gasteiger partial charge in [-0.15, -0.1) is 11.3 Å². The largest absolute Gasteiger partial charge is 0.467 e. The Hall–Kier alpha value is -2.79. The number of aryl methyl sites for hydroxylation is 2. The summed E-state index contributed by atoms with van der Waals surface area (Å²) in [5.74, 6) is 0.901. The molecule has 27 heavy (non-hydrogen) atoms. The SMILES string of the molecule is Cc1ccc(CN(Cc2ccco2)C(=O)Cc2c(C)[nH]c3ccccc23)s1. The molecule has 0 saturated heterocycles. The number of furan rings is 1. The predicted octanol–water partition coefficient (Wildman–Crippen LogP) is 5.21. The molecule has 4 nitrogen and oxygen atoms in total. The number of nitrogens with zero attached hydrogens (tertiary/aromatic N) is 1. The number of carbonyl (C=O) groups is 1. The molecule has 0 radical (unpaired) electrons. The number of para-hydroxylation sites is 1. The summed E-state index contributed by atoms with van der Waals surface area (Å²) in [4.78, 5) is 20.9. The number of thiophene rings is 1. The minimum absolute atomic E-state index is 0.102. The van der Waals surface area contributed by atoms with Gasteiger partial charge in [0.1, 0.15) is 5.76 Å². The maximum Gasteiger partial charge on any atom is 0.227 e. The zero-order valence-electron chi connectivity index (χ0n) is 15.5. The molecule has 0 atom stereocenters. The number of hydrogen-bond donors (Lipinski definition) is 1. The average molecular weight is 378 g/mol. The average Bonchev–Trinajstić information content (AvgIpc) is 3.37. The van der Waals surface area contributed by atoms with Crippen LogP contribution in [0.3, 0.4) is 0 Å². The minimum atomic E-state index is 0.102. The first-order valence-electron chi connectivity index (χ1n) is 9.02. The van der Waals surface area contributed by atoms with Gasteiger partial charge in [-0.2, -0.15) is 0 Å². The first kappa shape index (κ1) is 17.6. The van der Waals surface area contributed by atoms with Crippen LogP contribution in [0.1, 0.15) is 26.8 Å². The zero-order chi connectivity index (χ0) is 18.8. The highest BCUT2D eigenvalue weighted by molar-refractivity contribution is 7.11. The maximum atomic E-state index is 13.2. The lowest BCUT2D eigenvalue weighted by Gasteiger charge is -2.21. The van der Waals surface area contributed by atoms with Crippen LogP contribution in [0.15, 0.2) is 59.2 Å². The van der Waals surface area contributed by atoms with E-state index in [2.05, 4.69) is 30.1 Å². The molecule has 1 amide bonds. The van der Waals surface area contributed by atoms with Crippen molar-refractivity contribution in [2.45, 2.75) is 33.4 Å². The van der Waals surface area contributed by atoms with Crippen molar-refractivity contribution in [3.63, 3.8) is 0 Å². The van der Waals surface area contributed by atoms with Crippen molar-refractivity contribution in [1.29, 1.82) is 0 Å². The normalized spacial score (nSPS) is 11.2. The lowest BCUT2D eigenvalue weighted by molar-refractivity contribution is -0.131. The maximum absolute atomic E-state index is 13.2. The topological polar surface area (TPSA) is 49.2 Å². The Balaban J connectivity index is 1.60. The molecule has 138 valence electrons. The predicted molar refractivity (Wildman–Crippen MR) is 109 cm³/mol. The van der Waals surface area contributed by atoms with Crippen molar-refractivity contribution in [2.24, 2.45) is 0 Å². The molecule has 5 heteroatoms. The van der Waals surface area contributed by atoms with Crippen molar-refractivity contribution in [1.82, 2.24) is 9.88 Å². The minimum Gasteiger partial charge on any atom is -0.467 e. The van der Waals surface area contributed by atoms with E-state index < -0.39 is 0 Å². The van der Waals surface area contributed by atoms with Crippen LogP contribution in [0.4, 0.5) is 0 Å². The second kappa shape index (κ2) is 7.45. The van der Waals surface area contributed by atoms with Crippen molar-refractivity contribution >= 4 is 28.1 Å². The molecule has 4 aromatic rings. The van der Waals surface area contributed by atoms with E-state index in [1.165, 1.54) is 9.75 Å². The summed E-state index contributed by atoms with van der Waals surface area (Å²) in [6, 6.07) is 16.1. The monoisotopic (exact) mass is 378 g/mol. The number of rotatable bonds is 6. The molecule has 0 saturated carbocycles. The molecule has 0 aliphatic heterocycles. The van der Waals surface area contributed by atoms with Crippen LogP contribution in [0, 0.1) is 13.8 Å². The second-order valence-corrected chi connectivity index (χ2v) is 8.16. The molecule has 0 fully saturated rings. The van der Waals surface area contributed by atoms with E-state index in [9.17, 15) is 4.79 Å². The molecule has 0 bridgehead atoms. The fraction of sp³-hybridized carbons (Fsp3) is 0.227. The lowest BCUT2D eigenvalue weighted by atomic mass is 10.1. The summed E-state index contributed by atoms with van der Waals surface area (Å²) < 4.78 is 5.49. The van der Waals surface area contributed by atoms with Gasteiger partial charge in [-0.1, -0.05) is 18.2 Å². The molecule has 1 aromatic carbocycles. The van der Waals surface area contributed by atoms with E-state index in [1.807, 2.05) is 42.2 Å². The standard InChI is InChI=1S/C22H22N2O2S/c1-15-9-10-18(27-15)14-24(13-17-6-5-11-26-17)22(25)12-20-16(2)23-21-8-4-3-7-19(20)21/h3-11,23H,12-14H2,1-2H3. The summed E-state index contributed by atoms with van der Waals surface area (Å²) in [6.45, 7) is 5.19. The number of fused-ring (bicyclic) bond motifs is 1. The van der Waals surface area contributed by atoms with Gasteiger partial charge in [0.05, 0.1) is 25.8 Å². The van der Waals surface area contributed by atoms with E-state index in [-0.39, 0.29) is 5.91 Å². The van der Waals surface area contributed by atoms with Crippen LogP contribution in [0.25, 0.3) is 10.9 Å². The van der Waals surface area contributed by atoms with Crippen molar-refractivity contribution < 1.29 is 9.21 Å². The number of aromatic amines is 1. The van der Waals surface area contributed by atoms with Gasteiger partial charge in [0.25, 0.3) is 0 Å². The van der Waals surface area contributed by atoms with Crippen LogP contribution in [-0.2, 0) is 24.3 Å². The van der Waals surface area contributed by atoms with Gasteiger partial charge in [-0.25, -0.2) is 0 Å². The second-order valence-electron chi connectivity index (χ2n) is 6.79. The number of carbonyl (C=O) groups excluding carboxylic acids is 1. The highest BCUT2D eigenvalue weighted by Crippen LogP contribution is 2.24. The number of H-pyrrole nitrogens is 1. The molecule has 4 rings (SSSR count). The van der Waals surface area contributed by atoms with Crippen molar-refractivity contribution in [3.05, 3.63) is 81.6 Å². The van der Waals surface area contributed by atoms with Gasteiger partial charge in [0.15, 0.2) is 0 Å². The quantitative estimate of drug-likeness (QED) is 0.501. The van der Waals surface area contributed by atoms with Crippen LogP contribution < -0.4 is 0 Å². The van der Waals surface area contributed by atoms with Crippen LogP contribution in [-0.4, -0.2) is 15.8 Å². The van der Waals surface area contributed by atoms with E-state index in [1.54, 1.807) is 17.6 Å². The molecule has 0 aliphatic carbocycles. The Bertz CT molecular complexity index is 1060. The highest BCUT2D eigenvalue weighted by Gasteiger charge is 2.20. The third-order valence-corrected chi connectivity index (χ3v) is 5.76. The van der Waals surface area contributed by atoms with Crippen molar-refractivity contribution in [2.75, 3.05) is 0 Å². The van der Waals surface area contributed by atoms with E-state index in [4.69, 9.17) is 4.42 Å². The van der Waals surface area contributed by atoms with Gasteiger partial charge in [0.2, 0.25) is 5.91 Å². The number of amides is 1. The van der Waals surface area contributed by atoms with Crippen molar-refractivity contribution in [3.8, 4) is 0 Å². The summed E-state index contributed by atoms with van der Waals surface area (Å²) in [5.41, 5.74) is 3.20. The zero-order valence-corrected chi connectivity index (χ0v) is 16.3. The van der Waals surface area contributed by atoms with Crippen LogP contribution >= 0.6 is 11.3 Å². The Morgan fingerprint density at radius 3 is 2.67 bits per heavy atom. The molecule has 0 aliphatic rings. The molecule has 0 spiro atoms. The summed E-state index contributed by atoms with van der Waals surface area (Å²) in [7, 11) is 0.